The highest BCUT2D eigenvalue weighted by Gasteiger charge is 2.17. The Bertz CT molecular complexity index is 399. The van der Waals surface area contributed by atoms with Crippen molar-refractivity contribution >= 4 is 18.3 Å². The molecule has 0 bridgehead atoms. The number of para-hydroxylation sites is 1. The van der Waals surface area contributed by atoms with Gasteiger partial charge in [-0.25, -0.2) is 0 Å². The summed E-state index contributed by atoms with van der Waals surface area (Å²) in [5.41, 5.74) is 6.52. The van der Waals surface area contributed by atoms with Crippen molar-refractivity contribution in [2.75, 3.05) is 20.2 Å². The van der Waals surface area contributed by atoms with E-state index < -0.39 is 0 Å². The van der Waals surface area contributed by atoms with Crippen LogP contribution in [0.25, 0.3) is 0 Å². The zero-order valence-corrected chi connectivity index (χ0v) is 12.6. The summed E-state index contributed by atoms with van der Waals surface area (Å²) < 4.78 is 5.54. The SMILES string of the molecule is CCOc1ccccc1CN(C)C(=O)C(C)CN.Cl. The highest BCUT2D eigenvalue weighted by molar-refractivity contribution is 5.85. The fraction of sp³-hybridized carbons (Fsp3) is 0.500. The van der Waals surface area contributed by atoms with Crippen molar-refractivity contribution in [1.29, 1.82) is 0 Å². The Morgan fingerprint density at radius 2 is 2.05 bits per heavy atom. The summed E-state index contributed by atoms with van der Waals surface area (Å²) in [7, 11) is 1.79. The molecule has 0 aromatic heterocycles. The quantitative estimate of drug-likeness (QED) is 0.871. The van der Waals surface area contributed by atoms with Crippen LogP contribution in [0.3, 0.4) is 0 Å². The summed E-state index contributed by atoms with van der Waals surface area (Å²) >= 11 is 0. The Hall–Kier alpha value is -1.26. The standard InChI is InChI=1S/C14H22N2O2.ClH/c1-4-18-13-8-6-5-7-12(13)10-16(3)14(17)11(2)9-15;/h5-8,11H,4,9-10,15H2,1-3H3;1H. The van der Waals surface area contributed by atoms with Crippen LogP contribution in [0.4, 0.5) is 0 Å². The van der Waals surface area contributed by atoms with E-state index in [0.29, 0.717) is 19.7 Å². The lowest BCUT2D eigenvalue weighted by atomic mass is 10.1. The highest BCUT2D eigenvalue weighted by Crippen LogP contribution is 2.19. The second kappa shape index (κ2) is 8.77. The molecule has 0 radical (unpaired) electrons. The Morgan fingerprint density at radius 3 is 2.63 bits per heavy atom. The zero-order chi connectivity index (χ0) is 13.5. The third kappa shape index (κ3) is 5.09. The number of carbonyl (C=O) groups is 1. The van der Waals surface area contributed by atoms with Gasteiger partial charge in [0.25, 0.3) is 0 Å². The lowest BCUT2D eigenvalue weighted by molar-refractivity contribution is -0.133. The number of carbonyl (C=O) groups excluding carboxylic acids is 1. The van der Waals surface area contributed by atoms with Gasteiger partial charge >= 0.3 is 0 Å². The minimum Gasteiger partial charge on any atom is -0.494 e. The molecule has 0 heterocycles. The smallest absolute Gasteiger partial charge is 0.226 e. The van der Waals surface area contributed by atoms with Gasteiger partial charge in [0.2, 0.25) is 5.91 Å². The first-order chi connectivity index (χ1) is 8.60. The number of hydrogen-bond acceptors (Lipinski definition) is 3. The van der Waals surface area contributed by atoms with Gasteiger partial charge in [-0.1, -0.05) is 25.1 Å². The molecule has 2 N–H and O–H groups in total. The van der Waals surface area contributed by atoms with Crippen LogP contribution in [0, 0.1) is 5.92 Å². The first-order valence-electron chi connectivity index (χ1n) is 6.25. The molecule has 0 saturated carbocycles. The van der Waals surface area contributed by atoms with Gasteiger partial charge in [-0.2, -0.15) is 0 Å². The van der Waals surface area contributed by atoms with Crippen molar-refractivity contribution in [3.8, 4) is 5.75 Å². The Kier molecular flexibility index (Phi) is 8.19. The van der Waals surface area contributed by atoms with Crippen molar-refractivity contribution in [3.05, 3.63) is 29.8 Å². The molecular formula is C14H23ClN2O2. The van der Waals surface area contributed by atoms with Gasteiger partial charge < -0.3 is 15.4 Å². The average molecular weight is 287 g/mol. The second-order valence-electron chi connectivity index (χ2n) is 4.37. The number of ether oxygens (including phenoxy) is 1. The van der Waals surface area contributed by atoms with E-state index in [1.54, 1.807) is 11.9 Å². The monoisotopic (exact) mass is 286 g/mol. The van der Waals surface area contributed by atoms with E-state index in [9.17, 15) is 4.79 Å². The van der Waals surface area contributed by atoms with Gasteiger partial charge in [-0.05, 0) is 13.0 Å². The van der Waals surface area contributed by atoms with Crippen LogP contribution in [-0.4, -0.2) is 31.0 Å². The first-order valence-corrected chi connectivity index (χ1v) is 6.25. The molecule has 1 aromatic carbocycles. The molecule has 0 spiro atoms. The number of halogens is 1. The maximum Gasteiger partial charge on any atom is 0.226 e. The molecular weight excluding hydrogens is 264 g/mol. The van der Waals surface area contributed by atoms with Gasteiger partial charge in [0.1, 0.15) is 5.75 Å². The largest absolute Gasteiger partial charge is 0.494 e. The van der Waals surface area contributed by atoms with E-state index in [-0.39, 0.29) is 24.2 Å². The summed E-state index contributed by atoms with van der Waals surface area (Å²) in [5.74, 6) is 0.748. The summed E-state index contributed by atoms with van der Waals surface area (Å²) in [5, 5.41) is 0. The fourth-order valence-corrected chi connectivity index (χ4v) is 1.74. The number of rotatable bonds is 6. The van der Waals surface area contributed by atoms with Gasteiger partial charge in [0, 0.05) is 31.6 Å². The molecule has 108 valence electrons. The fourth-order valence-electron chi connectivity index (χ4n) is 1.74. The molecule has 1 unspecified atom stereocenters. The molecule has 0 fully saturated rings. The zero-order valence-electron chi connectivity index (χ0n) is 11.8. The van der Waals surface area contributed by atoms with E-state index in [4.69, 9.17) is 10.5 Å². The van der Waals surface area contributed by atoms with E-state index in [1.807, 2.05) is 38.1 Å². The predicted octanol–water partition coefficient (Wildman–Crippen LogP) is 2.06. The number of nitrogens with two attached hydrogens (primary N) is 1. The van der Waals surface area contributed by atoms with Gasteiger partial charge in [0.05, 0.1) is 6.61 Å². The van der Waals surface area contributed by atoms with Crippen LogP contribution in [0.5, 0.6) is 5.75 Å². The molecule has 1 aromatic rings. The van der Waals surface area contributed by atoms with Crippen molar-refractivity contribution in [2.45, 2.75) is 20.4 Å². The van der Waals surface area contributed by atoms with Crippen LogP contribution in [-0.2, 0) is 11.3 Å². The average Bonchev–Trinajstić information content (AvgIpc) is 2.39. The summed E-state index contributed by atoms with van der Waals surface area (Å²) in [6, 6.07) is 7.77. The summed E-state index contributed by atoms with van der Waals surface area (Å²) in [6.07, 6.45) is 0. The highest BCUT2D eigenvalue weighted by atomic mass is 35.5. The number of hydrogen-bond donors (Lipinski definition) is 1. The lowest BCUT2D eigenvalue weighted by Gasteiger charge is -2.22. The van der Waals surface area contributed by atoms with Crippen molar-refractivity contribution in [2.24, 2.45) is 11.7 Å². The maximum absolute atomic E-state index is 12.0. The summed E-state index contributed by atoms with van der Waals surface area (Å²) in [6.45, 7) is 5.32. The molecule has 19 heavy (non-hydrogen) atoms. The Balaban J connectivity index is 0.00000324. The minimum absolute atomic E-state index is 0. The Labute approximate surface area is 121 Å². The first kappa shape index (κ1) is 17.7. The normalized spacial score (nSPS) is 11.4. The number of benzene rings is 1. The molecule has 0 aliphatic carbocycles. The van der Waals surface area contributed by atoms with E-state index in [1.165, 1.54) is 0 Å². The van der Waals surface area contributed by atoms with Crippen LogP contribution in [0.2, 0.25) is 0 Å². The van der Waals surface area contributed by atoms with Crippen molar-refractivity contribution < 1.29 is 9.53 Å². The Morgan fingerprint density at radius 1 is 1.42 bits per heavy atom. The number of nitrogens with zero attached hydrogens (tertiary/aromatic N) is 1. The molecule has 0 aliphatic heterocycles. The molecule has 4 nitrogen and oxygen atoms in total. The molecule has 1 amide bonds. The van der Waals surface area contributed by atoms with E-state index in [0.717, 1.165) is 11.3 Å². The van der Waals surface area contributed by atoms with Crippen molar-refractivity contribution in [3.63, 3.8) is 0 Å². The topological polar surface area (TPSA) is 55.6 Å². The van der Waals surface area contributed by atoms with Gasteiger partial charge in [-0.15, -0.1) is 12.4 Å². The van der Waals surface area contributed by atoms with Crippen LogP contribution < -0.4 is 10.5 Å². The van der Waals surface area contributed by atoms with Crippen LogP contribution in [0.15, 0.2) is 24.3 Å². The molecule has 1 atom stereocenters. The van der Waals surface area contributed by atoms with Crippen molar-refractivity contribution in [1.82, 2.24) is 4.90 Å². The van der Waals surface area contributed by atoms with Gasteiger partial charge in [0.15, 0.2) is 0 Å². The third-order valence-electron chi connectivity index (χ3n) is 2.83. The lowest BCUT2D eigenvalue weighted by Crippen LogP contribution is -2.34. The maximum atomic E-state index is 12.0. The number of amides is 1. The van der Waals surface area contributed by atoms with E-state index >= 15 is 0 Å². The third-order valence-corrected chi connectivity index (χ3v) is 2.83. The van der Waals surface area contributed by atoms with E-state index in [2.05, 4.69) is 0 Å². The molecule has 0 saturated heterocycles. The molecule has 1 rings (SSSR count). The van der Waals surface area contributed by atoms with Crippen LogP contribution in [0.1, 0.15) is 19.4 Å². The predicted molar refractivity (Wildman–Crippen MR) is 79.6 cm³/mol. The minimum atomic E-state index is -0.144. The molecule has 0 aliphatic rings. The molecule has 5 heteroatoms. The van der Waals surface area contributed by atoms with Gasteiger partial charge in [-0.3, -0.25) is 4.79 Å². The summed E-state index contributed by atoms with van der Waals surface area (Å²) in [4.78, 5) is 13.6. The second-order valence-corrected chi connectivity index (χ2v) is 4.37. The van der Waals surface area contributed by atoms with Crippen LogP contribution >= 0.6 is 12.4 Å².